The summed E-state index contributed by atoms with van der Waals surface area (Å²) in [4.78, 5) is 16.1. The van der Waals surface area contributed by atoms with Gasteiger partial charge in [-0.1, -0.05) is 30.2 Å². The van der Waals surface area contributed by atoms with Crippen molar-refractivity contribution in [1.29, 1.82) is 0 Å². The third kappa shape index (κ3) is 4.99. The topological polar surface area (TPSA) is 56.1 Å². The summed E-state index contributed by atoms with van der Waals surface area (Å²) >= 11 is 6.03. The van der Waals surface area contributed by atoms with Gasteiger partial charge < -0.3 is 9.64 Å². The van der Waals surface area contributed by atoms with Crippen LogP contribution in [0.2, 0.25) is 5.02 Å². The number of allylic oxidation sites excluding steroid dienone is 2. The second-order valence-electron chi connectivity index (χ2n) is 7.85. The maximum Gasteiger partial charge on any atom is 0.225 e. The second-order valence-corrected chi connectivity index (χ2v) is 8.29. The Kier molecular flexibility index (Phi) is 7.20. The predicted octanol–water partition coefficient (Wildman–Crippen LogP) is 5.80. The van der Waals surface area contributed by atoms with Gasteiger partial charge in [0.1, 0.15) is 11.6 Å². The van der Waals surface area contributed by atoms with E-state index in [9.17, 15) is 0 Å². The monoisotopic (exact) mass is 467 g/mol. The first-order valence-electron chi connectivity index (χ1n) is 11.0. The molecule has 172 valence electrons. The van der Waals surface area contributed by atoms with E-state index in [2.05, 4.69) is 28.7 Å². The van der Waals surface area contributed by atoms with E-state index in [1.165, 1.54) is 6.07 Å². The van der Waals surface area contributed by atoms with Gasteiger partial charge in [-0.05, 0) is 50.6 Å². The Morgan fingerprint density at radius 1 is 1.21 bits per heavy atom. The van der Waals surface area contributed by atoms with Crippen molar-refractivity contribution in [3.63, 3.8) is 0 Å². The maximum absolute atomic E-state index is 15.1. The molecule has 0 unspecified atom stereocenters. The molecule has 1 aliphatic rings. The summed E-state index contributed by atoms with van der Waals surface area (Å²) in [5.41, 5.74) is 3.75. The molecule has 1 fully saturated rings. The fourth-order valence-electron chi connectivity index (χ4n) is 3.67. The molecule has 8 heteroatoms. The molecule has 4 rings (SSSR count). The lowest BCUT2D eigenvalue weighted by Crippen LogP contribution is -2.37. The number of nitrogens with zero attached hydrogens (tertiary/aromatic N) is 5. The normalized spacial score (nSPS) is 14.9. The van der Waals surface area contributed by atoms with Crippen LogP contribution in [0.4, 0.5) is 10.3 Å². The molecule has 0 N–H and O–H groups in total. The fourth-order valence-corrected chi connectivity index (χ4v) is 3.83. The number of benzene rings is 1. The molecule has 0 bridgehead atoms. The van der Waals surface area contributed by atoms with E-state index in [0.29, 0.717) is 41.3 Å². The third-order valence-electron chi connectivity index (χ3n) is 5.55. The van der Waals surface area contributed by atoms with Gasteiger partial charge in [0.2, 0.25) is 5.95 Å². The van der Waals surface area contributed by atoms with Crippen LogP contribution in [0.3, 0.4) is 0 Å². The maximum atomic E-state index is 15.1. The number of hydrogen-bond donors (Lipinski definition) is 0. The van der Waals surface area contributed by atoms with Crippen molar-refractivity contribution in [2.75, 3.05) is 31.2 Å². The average Bonchev–Trinajstić information content (AvgIpc) is 3.17. The Bertz CT molecular complexity index is 1180. The highest BCUT2D eigenvalue weighted by Crippen LogP contribution is 2.31. The van der Waals surface area contributed by atoms with Gasteiger partial charge in [-0.2, -0.15) is 0 Å². The van der Waals surface area contributed by atoms with Gasteiger partial charge >= 0.3 is 0 Å². The number of morpholine rings is 1. The zero-order chi connectivity index (χ0) is 23.4. The van der Waals surface area contributed by atoms with Gasteiger partial charge in [-0.3, -0.25) is 4.57 Å². The second kappa shape index (κ2) is 10.3. The van der Waals surface area contributed by atoms with Crippen LogP contribution in [-0.2, 0) is 4.74 Å². The van der Waals surface area contributed by atoms with E-state index < -0.39 is 5.82 Å². The fraction of sp³-hybridized carbons (Fsp3) is 0.320. The van der Waals surface area contributed by atoms with Crippen LogP contribution < -0.4 is 4.90 Å². The Morgan fingerprint density at radius 2 is 1.94 bits per heavy atom. The van der Waals surface area contributed by atoms with E-state index in [1.807, 2.05) is 29.7 Å². The third-order valence-corrected chi connectivity index (χ3v) is 5.78. The number of rotatable bonds is 6. The zero-order valence-corrected chi connectivity index (χ0v) is 19.8. The molecule has 1 aromatic carbocycles. The summed E-state index contributed by atoms with van der Waals surface area (Å²) < 4.78 is 22.3. The molecular weight excluding hydrogens is 441 g/mol. The Labute approximate surface area is 198 Å². The van der Waals surface area contributed by atoms with Crippen molar-refractivity contribution in [1.82, 2.24) is 19.5 Å². The highest BCUT2D eigenvalue weighted by atomic mass is 35.5. The number of aromatic nitrogens is 4. The highest BCUT2D eigenvalue weighted by Gasteiger charge is 2.21. The first kappa shape index (κ1) is 23.1. The minimum atomic E-state index is -0.428. The Hall–Kier alpha value is -3.03. The van der Waals surface area contributed by atoms with Gasteiger partial charge in [0, 0.05) is 30.5 Å². The van der Waals surface area contributed by atoms with Crippen LogP contribution in [0.25, 0.3) is 29.2 Å². The van der Waals surface area contributed by atoms with Crippen molar-refractivity contribution >= 4 is 29.7 Å². The predicted molar refractivity (Wildman–Crippen MR) is 131 cm³/mol. The smallest absolute Gasteiger partial charge is 0.225 e. The molecule has 2 aromatic heterocycles. The van der Waals surface area contributed by atoms with Gasteiger partial charge in [0.15, 0.2) is 0 Å². The van der Waals surface area contributed by atoms with Gasteiger partial charge in [0.05, 0.1) is 35.9 Å². The molecule has 6 nitrogen and oxygen atoms in total. The lowest BCUT2D eigenvalue weighted by atomic mass is 10.1. The summed E-state index contributed by atoms with van der Waals surface area (Å²) in [6.45, 7) is 8.89. The molecule has 3 aromatic rings. The lowest BCUT2D eigenvalue weighted by Gasteiger charge is -2.26. The molecule has 0 spiro atoms. The molecule has 1 saturated heterocycles. The molecular formula is C25H27ClFN5O. The van der Waals surface area contributed by atoms with Crippen LogP contribution in [0.5, 0.6) is 0 Å². The van der Waals surface area contributed by atoms with Gasteiger partial charge in [0.25, 0.3) is 0 Å². The van der Waals surface area contributed by atoms with E-state index in [1.54, 1.807) is 24.5 Å². The van der Waals surface area contributed by atoms with E-state index in [-0.39, 0.29) is 0 Å². The first-order chi connectivity index (χ1) is 16.0. The minimum absolute atomic E-state index is 0.339. The Balaban J connectivity index is 1.89. The summed E-state index contributed by atoms with van der Waals surface area (Å²) in [5, 5.41) is 0.339. The number of anilines is 1. The number of hydrogen-bond acceptors (Lipinski definition) is 5. The van der Waals surface area contributed by atoms with Gasteiger partial charge in [-0.15, -0.1) is 0 Å². The van der Waals surface area contributed by atoms with Crippen LogP contribution in [0.1, 0.15) is 38.6 Å². The molecule has 0 aliphatic carbocycles. The summed E-state index contributed by atoms with van der Waals surface area (Å²) in [5.74, 6) is 0.782. The van der Waals surface area contributed by atoms with Crippen molar-refractivity contribution in [2.45, 2.75) is 27.2 Å². The molecule has 1 aliphatic heterocycles. The van der Waals surface area contributed by atoms with E-state index in [4.69, 9.17) is 21.3 Å². The van der Waals surface area contributed by atoms with Crippen LogP contribution in [0, 0.1) is 5.82 Å². The first-order valence-corrected chi connectivity index (χ1v) is 11.4. The largest absolute Gasteiger partial charge is 0.378 e. The summed E-state index contributed by atoms with van der Waals surface area (Å²) in [6.07, 6.45) is 10.2. The van der Waals surface area contributed by atoms with Crippen molar-refractivity contribution in [3.05, 3.63) is 64.5 Å². The van der Waals surface area contributed by atoms with Crippen LogP contribution >= 0.6 is 11.6 Å². The highest BCUT2D eigenvalue weighted by molar-refractivity contribution is 6.30. The SMILES string of the molecule is C/C=C\c1nc(-c2cnc(N3CCOCC3)nc2)n(-c2ccc(Cl)cc2F)c1/C=C(/C)CC. The molecule has 0 amide bonds. The zero-order valence-electron chi connectivity index (χ0n) is 19.1. The standard InChI is InChI=1S/C25H27ClFN5O/c1-4-6-21-23(13-17(3)5-2)32(22-8-7-19(26)14-20(22)27)24(30-21)18-15-28-25(29-16-18)31-9-11-33-12-10-31/h4,6-8,13-16H,5,9-12H2,1-3H3/b6-4-,17-13-. The molecule has 0 atom stereocenters. The molecule has 33 heavy (non-hydrogen) atoms. The van der Waals surface area contributed by atoms with E-state index in [0.717, 1.165) is 36.5 Å². The number of ether oxygens (including phenoxy) is 1. The lowest BCUT2D eigenvalue weighted by molar-refractivity contribution is 0.122. The molecule has 0 saturated carbocycles. The average molecular weight is 468 g/mol. The number of imidazole rings is 1. The minimum Gasteiger partial charge on any atom is -0.378 e. The van der Waals surface area contributed by atoms with Gasteiger partial charge in [-0.25, -0.2) is 19.3 Å². The molecule has 0 radical (unpaired) electrons. The van der Waals surface area contributed by atoms with Crippen LogP contribution in [0.15, 0.2) is 42.2 Å². The van der Waals surface area contributed by atoms with Crippen molar-refractivity contribution in [2.24, 2.45) is 0 Å². The van der Waals surface area contributed by atoms with E-state index >= 15 is 4.39 Å². The van der Waals surface area contributed by atoms with Crippen molar-refractivity contribution in [3.8, 4) is 17.1 Å². The summed E-state index contributed by atoms with van der Waals surface area (Å²) in [7, 11) is 0. The number of halogens is 2. The Morgan fingerprint density at radius 3 is 2.58 bits per heavy atom. The van der Waals surface area contributed by atoms with Crippen molar-refractivity contribution < 1.29 is 9.13 Å². The molecule has 3 heterocycles. The quantitative estimate of drug-likeness (QED) is 0.458. The van der Waals surface area contributed by atoms with Crippen LogP contribution in [-0.4, -0.2) is 45.8 Å². The summed E-state index contributed by atoms with van der Waals surface area (Å²) in [6, 6.07) is 4.66.